The Kier molecular flexibility index (Phi) is 24.4. The molecule has 4 rings (SSSR count). The summed E-state index contributed by atoms with van der Waals surface area (Å²) in [4.78, 5) is 58.2. The van der Waals surface area contributed by atoms with Crippen LogP contribution in [0.3, 0.4) is 0 Å². The van der Waals surface area contributed by atoms with Gasteiger partial charge in [0.2, 0.25) is 5.79 Å². The van der Waals surface area contributed by atoms with Gasteiger partial charge in [-0.15, -0.1) is 0 Å². The highest BCUT2D eigenvalue weighted by molar-refractivity contribution is 6.39. The first-order chi connectivity index (χ1) is 32.8. The lowest BCUT2D eigenvalue weighted by atomic mass is 9.78. The third-order valence-electron chi connectivity index (χ3n) is 15.0. The molecule has 0 radical (unpaired) electrons. The zero-order valence-electron chi connectivity index (χ0n) is 43.1. The quantitative estimate of drug-likeness (QED) is 0.0768. The predicted octanol–water partition coefficient (Wildman–Crippen LogP) is 6.38. The van der Waals surface area contributed by atoms with Crippen molar-refractivity contribution in [2.75, 3.05) is 47.2 Å². The van der Waals surface area contributed by atoms with Crippen LogP contribution in [0.2, 0.25) is 0 Å². The molecule has 69 heavy (non-hydrogen) atoms. The van der Waals surface area contributed by atoms with Gasteiger partial charge in [0.05, 0.1) is 50.8 Å². The van der Waals surface area contributed by atoms with Gasteiger partial charge >= 0.3 is 5.97 Å². The molecule has 1 saturated carbocycles. The molecular weight excluding hydrogens is 887 g/mol. The molecule has 15 nitrogen and oxygen atoms in total. The fraction of sp³-hybridized carbons (Fsp3) is 0.778. The number of Topliss-reactive ketones (excluding diaryl/α,β-unsaturated/α-hetero) is 2. The normalized spacial score (nSPS) is 38.7. The van der Waals surface area contributed by atoms with E-state index >= 15 is 0 Å². The second-order valence-corrected chi connectivity index (χ2v) is 20.7. The van der Waals surface area contributed by atoms with E-state index in [1.54, 1.807) is 21.0 Å². The Hall–Kier alpha value is -3.12. The summed E-state index contributed by atoms with van der Waals surface area (Å²) in [6.45, 7) is 14.0. The molecule has 15 atom stereocenters. The summed E-state index contributed by atoms with van der Waals surface area (Å²) in [7, 11) is 3.04. The summed E-state index contributed by atoms with van der Waals surface area (Å²) in [5.41, 5.74) is 1.44. The number of carbonyl (C=O) groups is 4. The Bertz CT molecular complexity index is 1760. The van der Waals surface area contributed by atoms with Crippen LogP contribution in [0.4, 0.5) is 0 Å². The lowest BCUT2D eigenvalue weighted by Gasteiger charge is -2.43. The van der Waals surface area contributed by atoms with Crippen molar-refractivity contribution < 1.29 is 68.0 Å². The number of methoxy groups -OCH3 is 2. The van der Waals surface area contributed by atoms with Gasteiger partial charge in [-0.3, -0.25) is 14.4 Å². The Morgan fingerprint density at radius 1 is 0.826 bits per heavy atom. The monoisotopic (exact) mass is 974 g/mol. The lowest BCUT2D eigenvalue weighted by Crippen LogP contribution is -2.61. The number of hydrogen-bond acceptors (Lipinski definition) is 14. The molecule has 0 aromatic heterocycles. The first kappa shape index (κ1) is 58.5. The number of aliphatic hydroxyl groups is 4. The largest absolute Gasteiger partial charge is 0.461 e. The van der Waals surface area contributed by atoms with Crippen LogP contribution < -0.4 is 0 Å². The Balaban J connectivity index is 1.69. The smallest absolute Gasteiger partial charge is 0.329 e. The summed E-state index contributed by atoms with van der Waals surface area (Å²) < 4.78 is 35.6. The molecule has 0 aromatic carbocycles. The number of nitrogens with zero attached hydrogens (tertiary/aromatic N) is 1. The number of ketones is 2. The minimum absolute atomic E-state index is 0.0338. The second kappa shape index (κ2) is 28.8. The highest BCUT2D eigenvalue weighted by Crippen LogP contribution is 2.38. The van der Waals surface area contributed by atoms with E-state index in [1.165, 1.54) is 12.0 Å². The van der Waals surface area contributed by atoms with Crippen molar-refractivity contribution in [3.05, 3.63) is 47.6 Å². The number of carbonyl (C=O) groups excluding carboxylic acids is 4. The fourth-order valence-electron chi connectivity index (χ4n) is 10.6. The van der Waals surface area contributed by atoms with Crippen LogP contribution in [-0.2, 0) is 47.6 Å². The van der Waals surface area contributed by atoms with Crippen molar-refractivity contribution >= 4 is 23.4 Å². The van der Waals surface area contributed by atoms with Crippen molar-refractivity contribution in [1.29, 1.82) is 0 Å². The van der Waals surface area contributed by atoms with E-state index < -0.39 is 77.9 Å². The molecule has 392 valence electrons. The molecule has 15 heteroatoms. The van der Waals surface area contributed by atoms with Crippen LogP contribution in [0.25, 0.3) is 0 Å². The van der Waals surface area contributed by atoms with Crippen LogP contribution in [0.5, 0.6) is 0 Å². The molecule has 4 aliphatic rings. The molecule has 3 fully saturated rings. The van der Waals surface area contributed by atoms with Gasteiger partial charge < -0.3 is 53.7 Å². The number of esters is 1. The summed E-state index contributed by atoms with van der Waals surface area (Å²) in [5, 5.41) is 43.3. The zero-order valence-corrected chi connectivity index (χ0v) is 43.1. The Morgan fingerprint density at radius 3 is 2.29 bits per heavy atom. The first-order valence-corrected chi connectivity index (χ1v) is 25.8. The van der Waals surface area contributed by atoms with E-state index in [-0.39, 0.29) is 81.4 Å². The van der Waals surface area contributed by atoms with Gasteiger partial charge in [0.25, 0.3) is 11.7 Å². The number of rotatable bonds is 11. The number of ether oxygens (including phenoxy) is 6. The number of aliphatic hydroxyl groups excluding tert-OH is 3. The first-order valence-electron chi connectivity index (χ1n) is 25.8. The number of piperidine rings is 1. The number of amides is 1. The van der Waals surface area contributed by atoms with Crippen LogP contribution in [0.1, 0.15) is 132 Å². The molecule has 2 bridgehead atoms. The Morgan fingerprint density at radius 2 is 1.58 bits per heavy atom. The van der Waals surface area contributed by atoms with Gasteiger partial charge in [-0.1, -0.05) is 71.1 Å². The topological polar surface area (TPSA) is 208 Å². The standard InChI is InChI=1S/C54H87NO14/c1-34-15-11-10-12-16-36(3)46(67-28-27-66-26-25-56)33-42-21-19-40(7)54(63,69-42)51(60)52(61)55-24-14-13-17-43(55)53(62)68-45(37(4)31-41-20-22-44(57)47(32-41)64-8)23-18-35(2)30-39(6)49(59)50(65-9)48(58)38(5)29-34/h10-12,15-16,30,34-35,37-38,40-47,49-50,56-57,59,63H,13-14,17-29,31-33H2,1-9H3/b12-10+,15-11+,36-16+,39-30+/t34-,35+,37-,38-,40-,41+,42+,43+,44-,45+,46-,47-,49-,50+,54-/m1/s1. The van der Waals surface area contributed by atoms with Gasteiger partial charge in [-0.2, -0.15) is 0 Å². The minimum Gasteiger partial charge on any atom is -0.461 e. The van der Waals surface area contributed by atoms with Crippen LogP contribution in [0.15, 0.2) is 47.6 Å². The molecular formula is C54H87NO14. The second-order valence-electron chi connectivity index (χ2n) is 20.7. The summed E-state index contributed by atoms with van der Waals surface area (Å²) in [6.07, 6.45) is 13.8. The molecule has 0 spiro atoms. The SMILES string of the molecule is CO[C@@H]1C[C@H](C[C@@H](C)[C@@H]2CC[C@H](C)/C=C(\C)[C@@H](O)[C@@H](OC)C(=O)[C@H](C)C[C@H](C)/C=C/C=C/C=C(\C)[C@H](OCCOCCO)C[C@@H]3CC[C@@H](C)[C@@](O)(O3)C(=O)C(=O)N3CCCC[C@H]3C(=O)O2)CC[C@H]1O. The summed E-state index contributed by atoms with van der Waals surface area (Å²) in [6, 6.07) is -1.05. The van der Waals surface area contributed by atoms with Gasteiger partial charge in [0, 0.05) is 39.0 Å². The summed E-state index contributed by atoms with van der Waals surface area (Å²) in [5.74, 6) is -6.39. The van der Waals surface area contributed by atoms with E-state index in [0.29, 0.717) is 69.8 Å². The van der Waals surface area contributed by atoms with E-state index in [9.17, 15) is 39.6 Å². The minimum atomic E-state index is -2.44. The maximum Gasteiger partial charge on any atom is 0.329 e. The average molecular weight is 974 g/mol. The Labute approximate surface area is 412 Å². The number of fused-ring (bicyclic) bond motifs is 3. The highest BCUT2D eigenvalue weighted by Gasteiger charge is 2.53. The van der Waals surface area contributed by atoms with E-state index in [0.717, 1.165) is 12.0 Å². The van der Waals surface area contributed by atoms with Crippen molar-refractivity contribution in [2.45, 2.75) is 186 Å². The maximum atomic E-state index is 14.5. The van der Waals surface area contributed by atoms with E-state index in [4.69, 9.17) is 28.4 Å². The van der Waals surface area contributed by atoms with Crippen molar-refractivity contribution in [3.8, 4) is 0 Å². The third kappa shape index (κ3) is 17.0. The molecule has 3 heterocycles. The predicted molar refractivity (Wildman–Crippen MR) is 262 cm³/mol. The van der Waals surface area contributed by atoms with Crippen LogP contribution >= 0.6 is 0 Å². The maximum absolute atomic E-state index is 14.5. The fourth-order valence-corrected chi connectivity index (χ4v) is 10.6. The highest BCUT2D eigenvalue weighted by atomic mass is 16.6. The van der Waals surface area contributed by atoms with Gasteiger partial charge in [0.1, 0.15) is 24.4 Å². The van der Waals surface area contributed by atoms with E-state index in [1.807, 2.05) is 71.1 Å². The lowest BCUT2D eigenvalue weighted by molar-refractivity contribution is -0.266. The number of cyclic esters (lactones) is 1. The zero-order chi connectivity index (χ0) is 50.8. The van der Waals surface area contributed by atoms with Gasteiger partial charge in [-0.25, -0.2) is 4.79 Å². The molecule has 2 saturated heterocycles. The molecule has 4 N–H and O–H groups in total. The number of hydrogen-bond donors (Lipinski definition) is 4. The molecule has 0 aromatic rings. The van der Waals surface area contributed by atoms with Crippen molar-refractivity contribution in [1.82, 2.24) is 4.90 Å². The molecule has 1 aliphatic carbocycles. The van der Waals surface area contributed by atoms with Crippen molar-refractivity contribution in [2.24, 2.45) is 35.5 Å². The van der Waals surface area contributed by atoms with Gasteiger partial charge in [0.15, 0.2) is 5.78 Å². The molecule has 1 amide bonds. The average Bonchev–Trinajstić information content (AvgIpc) is 3.32. The van der Waals surface area contributed by atoms with Gasteiger partial charge in [-0.05, 0) is 126 Å². The van der Waals surface area contributed by atoms with Crippen molar-refractivity contribution in [3.63, 3.8) is 0 Å². The molecule has 3 aliphatic heterocycles. The van der Waals surface area contributed by atoms with E-state index in [2.05, 4.69) is 0 Å². The van der Waals surface area contributed by atoms with Crippen LogP contribution in [0, 0.1) is 35.5 Å². The third-order valence-corrected chi connectivity index (χ3v) is 15.0. The molecule has 0 unspecified atom stereocenters. The van der Waals surface area contributed by atoms with Crippen LogP contribution in [-0.4, -0.2) is 151 Å². The number of allylic oxidation sites excluding steroid dienone is 6. The summed E-state index contributed by atoms with van der Waals surface area (Å²) >= 11 is 0.